The van der Waals surface area contributed by atoms with Crippen LogP contribution in [0.3, 0.4) is 0 Å². The first kappa shape index (κ1) is 19.8. The number of imide groups is 2. The number of barbiturate groups is 1. The summed E-state index contributed by atoms with van der Waals surface area (Å²) in [7, 11) is 0. The van der Waals surface area contributed by atoms with Crippen LogP contribution >= 0.6 is 0 Å². The van der Waals surface area contributed by atoms with Crippen LogP contribution in [-0.4, -0.2) is 30.9 Å². The lowest BCUT2D eigenvalue weighted by molar-refractivity contribution is -0.122. The van der Waals surface area contributed by atoms with E-state index in [2.05, 4.69) is 5.32 Å². The van der Waals surface area contributed by atoms with Crippen LogP contribution in [0.4, 0.5) is 20.6 Å². The molecule has 0 atom stereocenters. The van der Waals surface area contributed by atoms with Crippen molar-refractivity contribution in [3.05, 3.63) is 64.5 Å². The molecular weight excluding hydrogens is 385 g/mol. The summed E-state index contributed by atoms with van der Waals surface area (Å²) < 4.78 is 14.8. The number of nitrogens with one attached hydrogen (secondary N) is 1. The molecule has 30 heavy (non-hydrogen) atoms. The van der Waals surface area contributed by atoms with E-state index in [0.717, 1.165) is 42.0 Å². The van der Waals surface area contributed by atoms with E-state index in [1.807, 2.05) is 17.9 Å². The van der Waals surface area contributed by atoms with Gasteiger partial charge in [0.2, 0.25) is 0 Å². The molecule has 0 spiro atoms. The molecule has 4 amide bonds. The lowest BCUT2D eigenvalue weighted by Crippen LogP contribution is -2.54. The summed E-state index contributed by atoms with van der Waals surface area (Å²) in [5, 5.41) is 2.20. The van der Waals surface area contributed by atoms with Gasteiger partial charge in [0, 0.05) is 13.1 Å². The third-order valence-electron chi connectivity index (χ3n) is 5.44. The van der Waals surface area contributed by atoms with Crippen molar-refractivity contribution < 1.29 is 18.8 Å². The van der Waals surface area contributed by atoms with Crippen molar-refractivity contribution >= 4 is 35.3 Å². The van der Waals surface area contributed by atoms with Crippen LogP contribution in [0.5, 0.6) is 0 Å². The lowest BCUT2D eigenvalue weighted by atomic mass is 10.0. The fourth-order valence-corrected chi connectivity index (χ4v) is 3.85. The molecule has 2 fully saturated rings. The second kappa shape index (κ2) is 7.74. The van der Waals surface area contributed by atoms with Crippen LogP contribution in [0.15, 0.2) is 42.0 Å². The van der Waals surface area contributed by atoms with Gasteiger partial charge in [-0.15, -0.1) is 0 Å². The fraction of sp³-hybridized carbons (Fsp3) is 0.261. The number of hydrogen-bond donors (Lipinski definition) is 1. The summed E-state index contributed by atoms with van der Waals surface area (Å²) in [5.41, 5.74) is 2.71. The maximum absolute atomic E-state index is 14.8. The van der Waals surface area contributed by atoms with Gasteiger partial charge >= 0.3 is 6.03 Å². The Labute approximate surface area is 174 Å². The molecule has 2 heterocycles. The van der Waals surface area contributed by atoms with Crippen molar-refractivity contribution in [3.63, 3.8) is 0 Å². The minimum Gasteiger partial charge on any atom is -0.369 e. The van der Waals surface area contributed by atoms with E-state index in [1.54, 1.807) is 31.2 Å². The molecule has 7 heteroatoms. The van der Waals surface area contributed by atoms with E-state index in [4.69, 9.17) is 0 Å². The average Bonchev–Trinajstić information content (AvgIpc) is 3.22. The van der Waals surface area contributed by atoms with Crippen molar-refractivity contribution in [1.82, 2.24) is 5.32 Å². The quantitative estimate of drug-likeness (QED) is 0.622. The molecule has 4 rings (SSSR count). The predicted molar refractivity (Wildman–Crippen MR) is 113 cm³/mol. The number of benzene rings is 2. The normalized spacial score (nSPS) is 18.4. The standard InChI is InChI=1S/C23H22FN3O3/c1-14-6-5-7-17(10-14)27-22(29)18(21(28)25-23(27)30)12-16-13-19(24)20(11-15(16)2)26-8-3-4-9-26/h5-7,10-13H,3-4,8-9H2,1-2H3,(H,25,28,30). The van der Waals surface area contributed by atoms with E-state index in [0.29, 0.717) is 16.9 Å². The second-order valence-electron chi connectivity index (χ2n) is 7.65. The van der Waals surface area contributed by atoms with Crippen molar-refractivity contribution in [2.24, 2.45) is 0 Å². The number of nitrogens with zero attached hydrogens (tertiary/aromatic N) is 2. The summed E-state index contributed by atoms with van der Waals surface area (Å²) in [6.07, 6.45) is 3.41. The van der Waals surface area contributed by atoms with Crippen LogP contribution < -0.4 is 15.1 Å². The Hall–Kier alpha value is -3.48. The Morgan fingerprint density at radius 3 is 2.47 bits per heavy atom. The average molecular weight is 407 g/mol. The lowest BCUT2D eigenvalue weighted by Gasteiger charge is -2.26. The zero-order valence-electron chi connectivity index (χ0n) is 16.9. The molecule has 0 aromatic heterocycles. The van der Waals surface area contributed by atoms with Crippen molar-refractivity contribution in [2.45, 2.75) is 26.7 Å². The molecule has 154 valence electrons. The fourth-order valence-electron chi connectivity index (χ4n) is 3.85. The number of urea groups is 1. The number of carbonyl (C=O) groups is 3. The summed E-state index contributed by atoms with van der Waals surface area (Å²) in [6.45, 7) is 5.27. The third kappa shape index (κ3) is 3.58. The van der Waals surface area contributed by atoms with Crippen molar-refractivity contribution in [2.75, 3.05) is 22.9 Å². The molecule has 2 aromatic rings. The largest absolute Gasteiger partial charge is 0.369 e. The molecule has 0 aliphatic carbocycles. The number of rotatable bonds is 3. The first-order valence-corrected chi connectivity index (χ1v) is 9.88. The van der Waals surface area contributed by atoms with Gasteiger partial charge in [0.1, 0.15) is 11.4 Å². The molecule has 2 saturated heterocycles. The summed E-state index contributed by atoms with van der Waals surface area (Å²) in [6, 6.07) is 9.13. The molecule has 0 unspecified atom stereocenters. The van der Waals surface area contributed by atoms with Gasteiger partial charge in [-0.2, -0.15) is 0 Å². The highest BCUT2D eigenvalue weighted by Gasteiger charge is 2.37. The highest BCUT2D eigenvalue weighted by molar-refractivity contribution is 6.39. The van der Waals surface area contributed by atoms with Crippen LogP contribution in [0.25, 0.3) is 6.08 Å². The zero-order valence-corrected chi connectivity index (χ0v) is 16.9. The predicted octanol–water partition coefficient (Wildman–Crippen LogP) is 3.71. The van der Waals surface area contributed by atoms with E-state index in [1.165, 1.54) is 12.1 Å². The van der Waals surface area contributed by atoms with Crippen LogP contribution in [-0.2, 0) is 9.59 Å². The Bertz CT molecular complexity index is 1090. The van der Waals surface area contributed by atoms with Gasteiger partial charge in [0.25, 0.3) is 11.8 Å². The zero-order chi connectivity index (χ0) is 21.4. The van der Waals surface area contributed by atoms with Crippen LogP contribution in [0.1, 0.15) is 29.5 Å². The number of halogens is 1. The number of amides is 4. The second-order valence-corrected chi connectivity index (χ2v) is 7.65. The van der Waals surface area contributed by atoms with Gasteiger partial charge in [-0.05, 0) is 73.7 Å². The minimum absolute atomic E-state index is 0.215. The molecule has 0 radical (unpaired) electrons. The highest BCUT2D eigenvalue weighted by atomic mass is 19.1. The van der Waals surface area contributed by atoms with E-state index in [-0.39, 0.29) is 5.57 Å². The molecule has 2 aromatic carbocycles. The maximum atomic E-state index is 14.8. The Kier molecular flexibility index (Phi) is 5.11. The van der Waals surface area contributed by atoms with Crippen molar-refractivity contribution in [1.29, 1.82) is 0 Å². The smallest absolute Gasteiger partial charge is 0.335 e. The van der Waals surface area contributed by atoms with E-state index >= 15 is 0 Å². The van der Waals surface area contributed by atoms with E-state index in [9.17, 15) is 18.8 Å². The molecule has 0 bridgehead atoms. The summed E-state index contributed by atoms with van der Waals surface area (Å²) >= 11 is 0. The van der Waals surface area contributed by atoms with Gasteiger partial charge < -0.3 is 4.90 Å². The monoisotopic (exact) mass is 407 g/mol. The SMILES string of the molecule is Cc1cccc(N2C(=O)NC(=O)C(=Cc3cc(F)c(N4CCCC4)cc3C)C2=O)c1. The highest BCUT2D eigenvalue weighted by Crippen LogP contribution is 2.29. The van der Waals surface area contributed by atoms with Gasteiger partial charge in [0.15, 0.2) is 0 Å². The van der Waals surface area contributed by atoms with Crippen LogP contribution in [0, 0.1) is 19.7 Å². The molecule has 2 aliphatic heterocycles. The van der Waals surface area contributed by atoms with Gasteiger partial charge in [0.05, 0.1) is 11.4 Å². The first-order chi connectivity index (χ1) is 14.3. The number of hydrogen-bond acceptors (Lipinski definition) is 4. The van der Waals surface area contributed by atoms with Crippen molar-refractivity contribution in [3.8, 4) is 0 Å². The maximum Gasteiger partial charge on any atom is 0.335 e. The number of aryl methyl sites for hydroxylation is 2. The first-order valence-electron chi connectivity index (χ1n) is 9.88. The summed E-state index contributed by atoms with van der Waals surface area (Å²) in [4.78, 5) is 40.6. The Balaban J connectivity index is 1.71. The topological polar surface area (TPSA) is 69.7 Å². The Morgan fingerprint density at radius 2 is 1.77 bits per heavy atom. The number of carbonyl (C=O) groups excluding carboxylic acids is 3. The number of anilines is 2. The van der Waals surface area contributed by atoms with E-state index < -0.39 is 23.7 Å². The molecule has 2 aliphatic rings. The molecular formula is C23H22FN3O3. The third-order valence-corrected chi connectivity index (χ3v) is 5.44. The van der Waals surface area contributed by atoms with Crippen LogP contribution in [0.2, 0.25) is 0 Å². The molecule has 0 saturated carbocycles. The minimum atomic E-state index is -0.806. The molecule has 6 nitrogen and oxygen atoms in total. The van der Waals surface area contributed by atoms with Gasteiger partial charge in [-0.25, -0.2) is 14.1 Å². The summed E-state index contributed by atoms with van der Waals surface area (Å²) in [5.74, 6) is -1.93. The van der Waals surface area contributed by atoms with Gasteiger partial charge in [-0.3, -0.25) is 14.9 Å². The Morgan fingerprint density at radius 1 is 1.03 bits per heavy atom. The van der Waals surface area contributed by atoms with Gasteiger partial charge in [-0.1, -0.05) is 12.1 Å². The molecule has 1 N–H and O–H groups in total.